The first kappa shape index (κ1) is 16.0. The van der Waals surface area contributed by atoms with E-state index in [0.717, 1.165) is 4.47 Å². The Balaban J connectivity index is 2.25. The fourth-order valence-electron chi connectivity index (χ4n) is 1.57. The molecule has 112 valence electrons. The Labute approximate surface area is 137 Å². The van der Waals surface area contributed by atoms with E-state index in [1.807, 2.05) is 0 Å². The maximum atomic E-state index is 12.3. The summed E-state index contributed by atoms with van der Waals surface area (Å²) < 4.78 is 29.4. The molecule has 0 unspecified atom stereocenters. The van der Waals surface area contributed by atoms with Gasteiger partial charge in [-0.25, -0.2) is 8.42 Å². The average Bonchev–Trinajstić information content (AvgIpc) is 2.73. The lowest BCUT2D eigenvalue weighted by atomic mass is 10.4. The summed E-state index contributed by atoms with van der Waals surface area (Å²) in [4.78, 5) is 10.9. The fraction of sp³-hybridized carbons (Fsp3) is 0.0909. The molecule has 0 bridgehead atoms. The summed E-state index contributed by atoms with van der Waals surface area (Å²) in [5.41, 5.74) is 5.28. The highest BCUT2D eigenvalue weighted by molar-refractivity contribution is 9.11. The molecule has 2 rings (SSSR count). The number of primary amides is 1. The summed E-state index contributed by atoms with van der Waals surface area (Å²) in [5, 5.41) is 3.84. The maximum absolute atomic E-state index is 12.3. The van der Waals surface area contributed by atoms with Crippen LogP contribution in [0.25, 0.3) is 0 Å². The van der Waals surface area contributed by atoms with Gasteiger partial charge in [0.2, 0.25) is 5.91 Å². The topological polar surface area (TPSA) is 107 Å². The van der Waals surface area contributed by atoms with Gasteiger partial charge >= 0.3 is 0 Å². The second-order valence-electron chi connectivity index (χ2n) is 4.07. The minimum atomic E-state index is -3.76. The molecule has 7 nitrogen and oxygen atoms in total. The molecular weight excluding hydrogens is 428 g/mol. The highest BCUT2D eigenvalue weighted by Gasteiger charge is 2.18. The quantitative estimate of drug-likeness (QED) is 0.741. The molecule has 0 fully saturated rings. The highest BCUT2D eigenvalue weighted by atomic mass is 79.9. The van der Waals surface area contributed by atoms with Gasteiger partial charge in [-0.1, -0.05) is 15.9 Å². The first-order chi connectivity index (χ1) is 9.78. The van der Waals surface area contributed by atoms with E-state index in [9.17, 15) is 13.2 Å². The number of halogens is 2. The van der Waals surface area contributed by atoms with Crippen molar-refractivity contribution in [1.82, 2.24) is 9.78 Å². The molecule has 1 aromatic heterocycles. The summed E-state index contributed by atoms with van der Waals surface area (Å²) >= 11 is 6.46. The van der Waals surface area contributed by atoms with Crippen molar-refractivity contribution in [2.24, 2.45) is 5.73 Å². The standard InChI is InChI=1S/C11H10Br2N4O3S/c12-7-1-2-10(9(13)3-7)21(19,20)16-8-4-15-17(5-8)6-11(14)18/h1-5,16H,6H2,(H2,14,18). The van der Waals surface area contributed by atoms with E-state index in [1.54, 1.807) is 12.1 Å². The summed E-state index contributed by atoms with van der Waals surface area (Å²) in [6, 6.07) is 4.71. The number of carbonyl (C=O) groups is 1. The third-order valence-electron chi connectivity index (χ3n) is 2.39. The molecule has 1 amide bonds. The molecule has 21 heavy (non-hydrogen) atoms. The van der Waals surface area contributed by atoms with Gasteiger partial charge in [-0.2, -0.15) is 5.10 Å². The molecule has 2 aromatic rings. The van der Waals surface area contributed by atoms with Crippen molar-refractivity contribution in [3.63, 3.8) is 0 Å². The lowest BCUT2D eigenvalue weighted by molar-refractivity contribution is -0.118. The van der Waals surface area contributed by atoms with Crippen molar-refractivity contribution >= 4 is 53.5 Å². The zero-order valence-electron chi connectivity index (χ0n) is 10.5. The molecule has 0 aliphatic heterocycles. The van der Waals surface area contributed by atoms with Crippen LogP contribution in [0.1, 0.15) is 0 Å². The Morgan fingerprint density at radius 1 is 1.38 bits per heavy atom. The Morgan fingerprint density at radius 2 is 2.10 bits per heavy atom. The second-order valence-corrected chi connectivity index (χ2v) is 7.49. The van der Waals surface area contributed by atoms with Crippen LogP contribution in [-0.4, -0.2) is 24.1 Å². The summed E-state index contributed by atoms with van der Waals surface area (Å²) in [5.74, 6) is -0.567. The fourth-order valence-corrected chi connectivity index (χ4v) is 4.34. The van der Waals surface area contributed by atoms with Gasteiger partial charge < -0.3 is 5.73 Å². The van der Waals surface area contributed by atoms with Gasteiger partial charge in [-0.05, 0) is 34.1 Å². The lowest BCUT2D eigenvalue weighted by Gasteiger charge is -2.08. The number of benzene rings is 1. The molecule has 0 atom stereocenters. The third kappa shape index (κ3) is 4.05. The van der Waals surface area contributed by atoms with Crippen molar-refractivity contribution in [2.45, 2.75) is 11.4 Å². The van der Waals surface area contributed by atoms with Crippen molar-refractivity contribution in [3.8, 4) is 0 Å². The molecule has 0 aliphatic carbocycles. The van der Waals surface area contributed by atoms with Crippen molar-refractivity contribution in [1.29, 1.82) is 0 Å². The van der Waals surface area contributed by atoms with Gasteiger partial charge in [-0.15, -0.1) is 0 Å². The highest BCUT2D eigenvalue weighted by Crippen LogP contribution is 2.27. The van der Waals surface area contributed by atoms with Crippen LogP contribution in [0, 0.1) is 0 Å². The number of rotatable bonds is 5. The van der Waals surface area contributed by atoms with Crippen LogP contribution in [0.15, 0.2) is 44.4 Å². The number of sulfonamides is 1. The summed E-state index contributed by atoms with van der Waals surface area (Å²) in [6.45, 7) is -0.121. The van der Waals surface area contributed by atoms with Crippen LogP contribution in [0.2, 0.25) is 0 Å². The van der Waals surface area contributed by atoms with Crippen molar-refractivity contribution in [3.05, 3.63) is 39.5 Å². The molecule has 0 spiro atoms. The Bertz CT molecular complexity index is 789. The molecule has 3 N–H and O–H groups in total. The van der Waals surface area contributed by atoms with E-state index >= 15 is 0 Å². The number of carbonyl (C=O) groups excluding carboxylic acids is 1. The molecular formula is C11H10Br2N4O3S. The number of nitrogens with two attached hydrogens (primary N) is 1. The molecule has 0 radical (unpaired) electrons. The van der Waals surface area contributed by atoms with Crippen molar-refractivity contribution in [2.75, 3.05) is 4.72 Å². The van der Waals surface area contributed by atoms with Crippen LogP contribution in [0.3, 0.4) is 0 Å². The molecule has 0 saturated heterocycles. The maximum Gasteiger partial charge on any atom is 0.263 e. The molecule has 0 aliphatic rings. The summed E-state index contributed by atoms with van der Waals surface area (Å²) in [6.07, 6.45) is 2.68. The van der Waals surface area contributed by atoms with E-state index in [-0.39, 0.29) is 17.1 Å². The Hall–Kier alpha value is -1.39. The van der Waals surface area contributed by atoms with Gasteiger partial charge in [0.15, 0.2) is 0 Å². The van der Waals surface area contributed by atoms with Crippen LogP contribution in [0.5, 0.6) is 0 Å². The van der Waals surface area contributed by atoms with E-state index < -0.39 is 15.9 Å². The number of hydrogen-bond donors (Lipinski definition) is 2. The van der Waals surface area contributed by atoms with Crippen LogP contribution >= 0.6 is 31.9 Å². The normalized spacial score (nSPS) is 11.3. The molecule has 10 heteroatoms. The van der Waals surface area contributed by atoms with Gasteiger partial charge in [-0.3, -0.25) is 14.2 Å². The van der Waals surface area contributed by atoms with Gasteiger partial charge in [0.25, 0.3) is 10.0 Å². The van der Waals surface area contributed by atoms with Gasteiger partial charge in [0.05, 0.1) is 11.9 Å². The predicted molar refractivity (Wildman–Crippen MR) is 84.1 cm³/mol. The summed E-state index contributed by atoms with van der Waals surface area (Å²) in [7, 11) is -3.76. The SMILES string of the molecule is NC(=O)Cn1cc(NS(=O)(=O)c2ccc(Br)cc2Br)cn1. The van der Waals surface area contributed by atoms with E-state index in [2.05, 4.69) is 41.7 Å². The third-order valence-corrected chi connectivity index (χ3v) is 5.24. The van der Waals surface area contributed by atoms with E-state index in [4.69, 9.17) is 5.73 Å². The molecule has 1 heterocycles. The van der Waals surface area contributed by atoms with Crippen LogP contribution in [0.4, 0.5) is 5.69 Å². The monoisotopic (exact) mass is 436 g/mol. The number of amides is 1. The van der Waals surface area contributed by atoms with E-state index in [1.165, 1.54) is 23.1 Å². The number of nitrogens with zero attached hydrogens (tertiary/aromatic N) is 2. The number of anilines is 1. The van der Waals surface area contributed by atoms with E-state index in [0.29, 0.717) is 4.47 Å². The zero-order valence-corrected chi connectivity index (χ0v) is 14.4. The number of nitrogens with one attached hydrogen (secondary N) is 1. The van der Waals surface area contributed by atoms with Gasteiger partial charge in [0.1, 0.15) is 11.4 Å². The first-order valence-electron chi connectivity index (χ1n) is 5.56. The Morgan fingerprint density at radius 3 is 2.71 bits per heavy atom. The van der Waals surface area contributed by atoms with Crippen LogP contribution in [-0.2, 0) is 21.4 Å². The molecule has 1 aromatic carbocycles. The largest absolute Gasteiger partial charge is 0.368 e. The smallest absolute Gasteiger partial charge is 0.263 e. The average molecular weight is 438 g/mol. The van der Waals surface area contributed by atoms with Crippen molar-refractivity contribution < 1.29 is 13.2 Å². The second kappa shape index (κ2) is 6.16. The zero-order chi connectivity index (χ0) is 15.6. The lowest BCUT2D eigenvalue weighted by Crippen LogP contribution is -2.18. The molecule has 0 saturated carbocycles. The number of aromatic nitrogens is 2. The van der Waals surface area contributed by atoms with Crippen LogP contribution < -0.4 is 10.5 Å². The Kier molecular flexibility index (Phi) is 4.69. The minimum absolute atomic E-state index is 0.0911. The number of hydrogen-bond acceptors (Lipinski definition) is 4. The first-order valence-corrected chi connectivity index (χ1v) is 8.63. The predicted octanol–water partition coefficient (Wildman–Crippen LogP) is 1.69. The minimum Gasteiger partial charge on any atom is -0.368 e. The van der Waals surface area contributed by atoms with Gasteiger partial charge in [0, 0.05) is 15.1 Å².